The number of rotatable bonds is 3. The maximum absolute atomic E-state index is 13.4. The lowest BCUT2D eigenvalue weighted by molar-refractivity contribution is -0.122. The SMILES string of the molecule is Cc1cn2cc(C3=CC(=O)N4C=C(N5CCN[C@@H](C)C5)C=C/C4=C\C=C3)cc(C3CC3)c2n1. The van der Waals surface area contributed by atoms with E-state index in [2.05, 4.69) is 46.1 Å². The van der Waals surface area contributed by atoms with Gasteiger partial charge in [0, 0.05) is 56.0 Å². The topological polar surface area (TPSA) is 52.9 Å². The maximum Gasteiger partial charge on any atom is 0.255 e. The molecule has 2 fully saturated rings. The number of nitrogens with zero attached hydrogens (tertiary/aromatic N) is 4. The van der Waals surface area contributed by atoms with E-state index in [9.17, 15) is 4.79 Å². The highest BCUT2D eigenvalue weighted by Crippen LogP contribution is 2.42. The van der Waals surface area contributed by atoms with Gasteiger partial charge in [-0.15, -0.1) is 0 Å². The molecule has 1 N–H and O–H groups in total. The summed E-state index contributed by atoms with van der Waals surface area (Å²) in [6.07, 6.45) is 20.6. The van der Waals surface area contributed by atoms with Crippen molar-refractivity contribution in [2.75, 3.05) is 19.6 Å². The van der Waals surface area contributed by atoms with Crippen molar-refractivity contribution >= 4 is 17.1 Å². The molecule has 1 amide bonds. The van der Waals surface area contributed by atoms with Gasteiger partial charge in [0.1, 0.15) is 5.65 Å². The van der Waals surface area contributed by atoms with Gasteiger partial charge in [-0.2, -0.15) is 0 Å². The zero-order valence-electron chi connectivity index (χ0n) is 19.2. The molecule has 168 valence electrons. The Morgan fingerprint density at radius 3 is 2.79 bits per heavy atom. The fourth-order valence-electron chi connectivity index (χ4n) is 4.96. The van der Waals surface area contributed by atoms with E-state index in [0.717, 1.165) is 53.5 Å². The fraction of sp³-hybridized carbons (Fsp3) is 0.333. The van der Waals surface area contributed by atoms with Crippen molar-refractivity contribution in [3.8, 4) is 0 Å². The van der Waals surface area contributed by atoms with Crippen LogP contribution in [0.1, 0.15) is 42.5 Å². The van der Waals surface area contributed by atoms with Crippen LogP contribution in [-0.4, -0.2) is 50.8 Å². The molecule has 0 spiro atoms. The zero-order chi connectivity index (χ0) is 22.5. The van der Waals surface area contributed by atoms with Crippen molar-refractivity contribution in [2.45, 2.75) is 38.6 Å². The number of aromatic nitrogens is 2. The number of imidazole rings is 1. The molecule has 3 aliphatic heterocycles. The maximum atomic E-state index is 13.4. The quantitative estimate of drug-likeness (QED) is 0.788. The fourth-order valence-corrected chi connectivity index (χ4v) is 4.96. The number of amides is 1. The first-order valence-electron chi connectivity index (χ1n) is 11.9. The Labute approximate surface area is 194 Å². The van der Waals surface area contributed by atoms with Crippen molar-refractivity contribution in [3.63, 3.8) is 0 Å². The summed E-state index contributed by atoms with van der Waals surface area (Å²) in [6, 6.07) is 2.67. The van der Waals surface area contributed by atoms with Gasteiger partial charge in [0.15, 0.2) is 0 Å². The van der Waals surface area contributed by atoms with Crippen LogP contribution in [0.5, 0.6) is 0 Å². The summed E-state index contributed by atoms with van der Waals surface area (Å²) in [6.45, 7) is 7.06. The predicted octanol–water partition coefficient (Wildman–Crippen LogP) is 3.89. The van der Waals surface area contributed by atoms with Crippen LogP contribution in [0.15, 0.2) is 72.5 Å². The minimum Gasteiger partial charge on any atom is -0.368 e. The van der Waals surface area contributed by atoms with Crippen molar-refractivity contribution in [1.82, 2.24) is 24.5 Å². The lowest BCUT2D eigenvalue weighted by Gasteiger charge is -2.36. The van der Waals surface area contributed by atoms with E-state index in [1.54, 1.807) is 11.0 Å². The average molecular weight is 440 g/mol. The Balaban J connectivity index is 1.36. The van der Waals surface area contributed by atoms with Gasteiger partial charge in [-0.1, -0.05) is 12.2 Å². The molecule has 2 aromatic heterocycles. The molecule has 6 nitrogen and oxygen atoms in total. The first kappa shape index (κ1) is 20.2. The third-order valence-corrected chi connectivity index (χ3v) is 6.81. The Morgan fingerprint density at radius 1 is 1.12 bits per heavy atom. The number of hydrogen-bond acceptors (Lipinski definition) is 4. The second-order valence-corrected chi connectivity index (χ2v) is 9.52. The van der Waals surface area contributed by atoms with Crippen LogP contribution in [0.25, 0.3) is 11.2 Å². The predicted molar refractivity (Wildman–Crippen MR) is 130 cm³/mol. The largest absolute Gasteiger partial charge is 0.368 e. The summed E-state index contributed by atoms with van der Waals surface area (Å²) in [7, 11) is 0. The van der Waals surface area contributed by atoms with Gasteiger partial charge in [-0.05, 0) is 73.6 Å². The lowest BCUT2D eigenvalue weighted by atomic mass is 10.0. The molecule has 0 aromatic carbocycles. The molecule has 4 aliphatic rings. The van der Waals surface area contributed by atoms with E-state index in [4.69, 9.17) is 4.98 Å². The normalized spacial score (nSPS) is 24.7. The molecule has 0 radical (unpaired) electrons. The molecule has 2 aromatic rings. The average Bonchev–Trinajstić information content (AvgIpc) is 3.57. The second kappa shape index (κ2) is 7.89. The Kier molecular flexibility index (Phi) is 4.84. The summed E-state index contributed by atoms with van der Waals surface area (Å²) in [5.41, 5.74) is 7.29. The van der Waals surface area contributed by atoms with Crippen molar-refractivity contribution in [1.29, 1.82) is 0 Å². The highest BCUT2D eigenvalue weighted by atomic mass is 16.2. The molecule has 1 saturated carbocycles. The van der Waals surface area contributed by atoms with Gasteiger partial charge < -0.3 is 14.6 Å². The van der Waals surface area contributed by atoms with Crippen LogP contribution in [-0.2, 0) is 4.79 Å². The molecule has 1 saturated heterocycles. The Morgan fingerprint density at radius 2 is 1.97 bits per heavy atom. The van der Waals surface area contributed by atoms with Gasteiger partial charge >= 0.3 is 0 Å². The summed E-state index contributed by atoms with van der Waals surface area (Å²) in [5.74, 6) is 0.550. The molecule has 5 heterocycles. The molecule has 0 bridgehead atoms. The van der Waals surface area contributed by atoms with E-state index in [1.165, 1.54) is 18.4 Å². The first-order chi connectivity index (χ1) is 16.0. The number of hydrogen-bond donors (Lipinski definition) is 1. The summed E-state index contributed by atoms with van der Waals surface area (Å²) >= 11 is 0. The Bertz CT molecular complexity index is 1290. The number of piperazine rings is 1. The molecule has 6 heteroatoms. The molecule has 33 heavy (non-hydrogen) atoms. The second-order valence-electron chi connectivity index (χ2n) is 9.52. The molecule has 0 unspecified atom stereocenters. The first-order valence-corrected chi connectivity index (χ1v) is 11.9. The number of allylic oxidation sites excluding steroid dienone is 6. The van der Waals surface area contributed by atoms with Crippen molar-refractivity contribution in [2.24, 2.45) is 0 Å². The smallest absolute Gasteiger partial charge is 0.255 e. The molecule has 1 atom stereocenters. The van der Waals surface area contributed by atoms with E-state index in [0.29, 0.717) is 12.0 Å². The summed E-state index contributed by atoms with van der Waals surface area (Å²) in [4.78, 5) is 22.3. The molecule has 6 rings (SSSR count). The van der Waals surface area contributed by atoms with Crippen LogP contribution in [0, 0.1) is 6.92 Å². The van der Waals surface area contributed by atoms with Crippen molar-refractivity contribution in [3.05, 3.63) is 89.3 Å². The standard InChI is InChI=1S/C27H29N5O/c1-18-14-30(11-10-28-18)24-9-8-23-5-3-4-21(13-26(33)32(23)17-24)22-12-25(20-6-7-20)27-29-19(2)15-31(27)16-22/h3-5,8-9,12-13,15-18,20,28H,6-7,10-11,14H2,1-2H3/b4-3?,21-13?,23-5+/t18-/m0/s1. The summed E-state index contributed by atoms with van der Waals surface area (Å²) in [5, 5.41) is 3.48. The number of pyridine rings is 1. The van der Waals surface area contributed by atoms with E-state index in [1.807, 2.05) is 37.4 Å². The van der Waals surface area contributed by atoms with Gasteiger partial charge in [-0.3, -0.25) is 9.69 Å². The zero-order valence-corrected chi connectivity index (χ0v) is 19.2. The number of aryl methyl sites for hydroxylation is 1. The van der Waals surface area contributed by atoms with Gasteiger partial charge in [0.25, 0.3) is 5.91 Å². The number of carbonyl (C=O) groups excluding carboxylic acids is 1. The van der Waals surface area contributed by atoms with Crippen LogP contribution in [0.2, 0.25) is 0 Å². The summed E-state index contributed by atoms with van der Waals surface area (Å²) < 4.78 is 2.12. The lowest BCUT2D eigenvalue weighted by Crippen LogP contribution is -2.48. The number of nitrogens with one attached hydrogen (secondary N) is 1. The van der Waals surface area contributed by atoms with Crippen LogP contribution in [0.3, 0.4) is 0 Å². The van der Waals surface area contributed by atoms with Gasteiger partial charge in [-0.25, -0.2) is 4.98 Å². The monoisotopic (exact) mass is 439 g/mol. The third kappa shape index (κ3) is 3.85. The van der Waals surface area contributed by atoms with Crippen LogP contribution in [0.4, 0.5) is 0 Å². The van der Waals surface area contributed by atoms with Gasteiger partial charge in [0.05, 0.1) is 11.4 Å². The Hall–Kier alpha value is -3.38. The number of carbonyl (C=O) groups is 1. The van der Waals surface area contributed by atoms with E-state index >= 15 is 0 Å². The van der Waals surface area contributed by atoms with Gasteiger partial charge in [0.2, 0.25) is 0 Å². The van der Waals surface area contributed by atoms with E-state index < -0.39 is 0 Å². The highest BCUT2D eigenvalue weighted by Gasteiger charge is 2.28. The van der Waals surface area contributed by atoms with Crippen LogP contribution >= 0.6 is 0 Å². The molecular formula is C27H29N5O. The minimum absolute atomic E-state index is 0.0273. The molecular weight excluding hydrogens is 410 g/mol. The minimum atomic E-state index is -0.0273. The molecule has 1 aliphatic carbocycles. The highest BCUT2D eigenvalue weighted by molar-refractivity contribution is 6.00. The van der Waals surface area contributed by atoms with E-state index in [-0.39, 0.29) is 5.91 Å². The van der Waals surface area contributed by atoms with Crippen LogP contribution < -0.4 is 5.32 Å². The van der Waals surface area contributed by atoms with Crippen molar-refractivity contribution < 1.29 is 4.79 Å². The third-order valence-electron chi connectivity index (χ3n) is 6.81. The number of fused-ring (bicyclic) bond motifs is 2.